The third-order valence-electron chi connectivity index (χ3n) is 4.20. The molecule has 0 spiro atoms. The van der Waals surface area contributed by atoms with Gasteiger partial charge in [-0.25, -0.2) is 4.99 Å². The zero-order valence-electron chi connectivity index (χ0n) is 17.0. The van der Waals surface area contributed by atoms with Crippen LogP contribution in [0.1, 0.15) is 31.7 Å². The number of benzene rings is 2. The van der Waals surface area contributed by atoms with Gasteiger partial charge in [0, 0.05) is 38.8 Å². The van der Waals surface area contributed by atoms with Crippen LogP contribution in [0.5, 0.6) is 0 Å². The van der Waals surface area contributed by atoms with E-state index in [0.717, 1.165) is 34.9 Å². The predicted molar refractivity (Wildman–Crippen MR) is 123 cm³/mol. The van der Waals surface area contributed by atoms with Gasteiger partial charge in [-0.3, -0.25) is 0 Å². The number of amidine groups is 1. The van der Waals surface area contributed by atoms with Crippen molar-refractivity contribution in [2.45, 2.75) is 26.2 Å². The Morgan fingerprint density at radius 2 is 1.74 bits per heavy atom. The van der Waals surface area contributed by atoms with Crippen molar-refractivity contribution < 1.29 is 0 Å². The second-order valence-electron chi connectivity index (χ2n) is 6.49. The fourth-order valence-corrected chi connectivity index (χ4v) is 3.16. The molecular weight excluding hydrogens is 350 g/mol. The fourth-order valence-electron chi connectivity index (χ4n) is 2.59. The van der Waals surface area contributed by atoms with E-state index in [1.54, 1.807) is 11.8 Å². The van der Waals surface area contributed by atoms with Crippen molar-refractivity contribution in [2.24, 2.45) is 4.99 Å². The lowest BCUT2D eigenvalue weighted by Crippen LogP contribution is -2.24. The zero-order chi connectivity index (χ0) is 19.6. The Bertz CT molecular complexity index is 814. The Balaban J connectivity index is 2.28. The molecule has 2 aromatic rings. The van der Waals surface area contributed by atoms with Gasteiger partial charge in [-0.2, -0.15) is 0 Å². The van der Waals surface area contributed by atoms with Crippen LogP contribution in [0, 0.1) is 11.8 Å². The van der Waals surface area contributed by atoms with Crippen molar-refractivity contribution in [1.82, 2.24) is 0 Å². The van der Waals surface area contributed by atoms with Crippen LogP contribution in [0.4, 0.5) is 17.1 Å². The summed E-state index contributed by atoms with van der Waals surface area (Å²) in [6.07, 6.45) is 5.31. The Morgan fingerprint density at radius 1 is 1.04 bits per heavy atom. The van der Waals surface area contributed by atoms with Gasteiger partial charge >= 0.3 is 0 Å². The lowest BCUT2D eigenvalue weighted by atomic mass is 10.1. The monoisotopic (exact) mass is 379 g/mol. The van der Waals surface area contributed by atoms with E-state index in [1.807, 2.05) is 26.2 Å². The molecule has 0 amide bonds. The topological polar surface area (TPSA) is 18.8 Å². The number of rotatable bonds is 5. The maximum atomic E-state index is 4.84. The molecule has 3 nitrogen and oxygen atoms in total. The van der Waals surface area contributed by atoms with Gasteiger partial charge in [0.1, 0.15) is 0 Å². The standard InChI is InChI=1S/C23H29N3S/c1-6-7-8-9-12-19-13-10-11-14-22(19)26(4)23(27-5)24-20-15-17-21(18-16-20)25(2)3/h10-11,13-18H,6-8H2,1-5H3. The molecule has 0 bridgehead atoms. The van der Waals surface area contributed by atoms with Crippen molar-refractivity contribution in [3.05, 3.63) is 54.1 Å². The minimum absolute atomic E-state index is 0.940. The van der Waals surface area contributed by atoms with Gasteiger partial charge < -0.3 is 9.80 Å². The summed E-state index contributed by atoms with van der Waals surface area (Å²) in [5.41, 5.74) is 4.24. The molecule has 0 aliphatic heterocycles. The Hall–Kier alpha value is -2.38. The number of hydrogen-bond donors (Lipinski definition) is 0. The molecule has 0 N–H and O–H groups in total. The van der Waals surface area contributed by atoms with Crippen molar-refractivity contribution in [1.29, 1.82) is 0 Å². The summed E-state index contributed by atoms with van der Waals surface area (Å²) in [5.74, 6) is 6.62. The van der Waals surface area contributed by atoms with Gasteiger partial charge in [0.15, 0.2) is 5.17 Å². The first-order valence-corrected chi connectivity index (χ1v) is 10.5. The molecule has 4 heteroatoms. The Labute approximate surface area is 168 Å². The van der Waals surface area contributed by atoms with E-state index in [9.17, 15) is 0 Å². The first-order valence-electron chi connectivity index (χ1n) is 9.28. The average Bonchev–Trinajstić information content (AvgIpc) is 2.69. The van der Waals surface area contributed by atoms with Gasteiger partial charge in [-0.05, 0) is 49.1 Å². The van der Waals surface area contributed by atoms with Gasteiger partial charge in [0.05, 0.1) is 11.4 Å². The van der Waals surface area contributed by atoms with E-state index in [0.29, 0.717) is 0 Å². The second-order valence-corrected chi connectivity index (χ2v) is 7.26. The summed E-state index contributed by atoms with van der Waals surface area (Å²) in [5, 5.41) is 0.940. The highest BCUT2D eigenvalue weighted by atomic mass is 32.2. The lowest BCUT2D eigenvalue weighted by Gasteiger charge is -2.21. The Kier molecular flexibility index (Phi) is 8.29. The maximum Gasteiger partial charge on any atom is 0.168 e. The van der Waals surface area contributed by atoms with Crippen LogP contribution in [0.25, 0.3) is 0 Å². The molecule has 0 aliphatic rings. The van der Waals surface area contributed by atoms with Crippen molar-refractivity contribution in [3.63, 3.8) is 0 Å². The number of hydrogen-bond acceptors (Lipinski definition) is 3. The molecule has 0 atom stereocenters. The predicted octanol–water partition coefficient (Wildman–Crippen LogP) is 5.78. The minimum Gasteiger partial charge on any atom is -0.378 e. The highest BCUT2D eigenvalue weighted by Gasteiger charge is 2.11. The van der Waals surface area contributed by atoms with E-state index >= 15 is 0 Å². The minimum atomic E-state index is 0.940. The maximum absolute atomic E-state index is 4.84. The normalized spacial score (nSPS) is 10.9. The lowest BCUT2D eigenvalue weighted by molar-refractivity contribution is 0.828. The number of anilines is 2. The van der Waals surface area contributed by atoms with Crippen LogP contribution in [-0.4, -0.2) is 32.6 Å². The molecule has 0 fully saturated rings. The number of thioether (sulfide) groups is 1. The second kappa shape index (κ2) is 10.7. The van der Waals surface area contributed by atoms with Crippen LogP contribution in [0.15, 0.2) is 53.5 Å². The third-order valence-corrected chi connectivity index (χ3v) is 4.93. The third kappa shape index (κ3) is 6.08. The molecule has 2 rings (SSSR count). The highest BCUT2D eigenvalue weighted by molar-refractivity contribution is 8.13. The largest absolute Gasteiger partial charge is 0.378 e. The highest BCUT2D eigenvalue weighted by Crippen LogP contribution is 2.25. The first-order chi connectivity index (χ1) is 13.1. The van der Waals surface area contributed by atoms with Gasteiger partial charge in [-0.15, -0.1) is 0 Å². The van der Waals surface area contributed by atoms with Crippen LogP contribution in [0.2, 0.25) is 0 Å². The first kappa shape index (κ1) is 20.9. The number of unbranched alkanes of at least 4 members (excludes halogenated alkanes) is 2. The van der Waals surface area contributed by atoms with Crippen LogP contribution in [0.3, 0.4) is 0 Å². The molecule has 2 aromatic carbocycles. The molecule has 0 aromatic heterocycles. The molecule has 0 unspecified atom stereocenters. The zero-order valence-corrected chi connectivity index (χ0v) is 17.8. The summed E-state index contributed by atoms with van der Waals surface area (Å²) in [4.78, 5) is 9.05. The van der Waals surface area contributed by atoms with Crippen molar-refractivity contribution >= 4 is 34.0 Å². The van der Waals surface area contributed by atoms with E-state index in [1.165, 1.54) is 12.1 Å². The molecule has 0 heterocycles. The van der Waals surface area contributed by atoms with Gasteiger partial charge in [0.2, 0.25) is 0 Å². The van der Waals surface area contributed by atoms with Gasteiger partial charge in [0.25, 0.3) is 0 Å². The molecule has 142 valence electrons. The summed E-state index contributed by atoms with van der Waals surface area (Å²) in [6.45, 7) is 2.19. The average molecular weight is 380 g/mol. The number of aliphatic imine (C=N–C) groups is 1. The quantitative estimate of drug-likeness (QED) is 0.284. The summed E-state index contributed by atoms with van der Waals surface area (Å²) in [7, 11) is 6.13. The molecule has 0 aliphatic carbocycles. The molecule has 0 radical (unpaired) electrons. The van der Waals surface area contributed by atoms with Crippen LogP contribution in [-0.2, 0) is 0 Å². The SMILES string of the molecule is CCCCC#Cc1ccccc1N(C)C(=Nc1ccc(N(C)C)cc1)SC. The van der Waals surface area contributed by atoms with Crippen molar-refractivity contribution in [2.75, 3.05) is 37.2 Å². The van der Waals surface area contributed by atoms with E-state index in [2.05, 4.69) is 78.3 Å². The van der Waals surface area contributed by atoms with Crippen LogP contribution < -0.4 is 9.80 Å². The van der Waals surface area contributed by atoms with E-state index < -0.39 is 0 Å². The molecule has 0 saturated carbocycles. The van der Waals surface area contributed by atoms with E-state index in [4.69, 9.17) is 4.99 Å². The Morgan fingerprint density at radius 3 is 2.37 bits per heavy atom. The fraction of sp³-hybridized carbons (Fsp3) is 0.348. The number of nitrogens with zero attached hydrogens (tertiary/aromatic N) is 3. The molecular formula is C23H29N3S. The summed E-state index contributed by atoms with van der Waals surface area (Å²) < 4.78 is 0. The number of para-hydroxylation sites is 1. The van der Waals surface area contributed by atoms with Gasteiger partial charge in [-0.1, -0.05) is 49.1 Å². The molecule has 0 saturated heterocycles. The molecule has 27 heavy (non-hydrogen) atoms. The van der Waals surface area contributed by atoms with Crippen molar-refractivity contribution in [3.8, 4) is 11.8 Å². The summed E-state index contributed by atoms with van der Waals surface area (Å²) in [6, 6.07) is 16.5. The summed E-state index contributed by atoms with van der Waals surface area (Å²) >= 11 is 1.64. The smallest absolute Gasteiger partial charge is 0.168 e. The van der Waals surface area contributed by atoms with Crippen LogP contribution >= 0.6 is 11.8 Å². The van der Waals surface area contributed by atoms with E-state index in [-0.39, 0.29) is 0 Å².